The van der Waals surface area contributed by atoms with Crippen LogP contribution >= 0.6 is 12.4 Å². The number of rotatable bonds is 4. The van der Waals surface area contributed by atoms with E-state index in [2.05, 4.69) is 10.6 Å². The van der Waals surface area contributed by atoms with Gasteiger partial charge in [-0.25, -0.2) is 4.39 Å². The van der Waals surface area contributed by atoms with Crippen molar-refractivity contribution in [2.45, 2.75) is 26.8 Å². The minimum atomic E-state index is -0.704. The topological polar surface area (TPSA) is 84.2 Å². The third-order valence-corrected chi connectivity index (χ3v) is 2.75. The molecule has 0 fully saturated rings. The molecule has 0 heterocycles. The first-order valence-corrected chi connectivity index (χ1v) is 6.29. The van der Waals surface area contributed by atoms with Crippen LogP contribution in [0.5, 0.6) is 0 Å². The fourth-order valence-electron chi connectivity index (χ4n) is 1.44. The molecule has 1 atom stereocenters. The van der Waals surface area contributed by atoms with Crippen molar-refractivity contribution in [2.24, 2.45) is 11.1 Å². The van der Waals surface area contributed by atoms with E-state index in [9.17, 15) is 14.0 Å². The van der Waals surface area contributed by atoms with Crippen molar-refractivity contribution in [1.82, 2.24) is 5.32 Å². The van der Waals surface area contributed by atoms with Crippen molar-refractivity contribution >= 4 is 29.9 Å². The van der Waals surface area contributed by atoms with E-state index in [-0.39, 0.29) is 24.4 Å². The first kappa shape index (κ1) is 19.3. The zero-order valence-corrected chi connectivity index (χ0v) is 13.1. The molecule has 1 aromatic rings. The average Bonchev–Trinajstić information content (AvgIpc) is 2.34. The van der Waals surface area contributed by atoms with Crippen molar-refractivity contribution in [1.29, 1.82) is 0 Å². The molecule has 7 heteroatoms. The van der Waals surface area contributed by atoms with Crippen molar-refractivity contribution in [3.63, 3.8) is 0 Å². The Kier molecular flexibility index (Phi) is 7.32. The van der Waals surface area contributed by atoms with Gasteiger partial charge in [-0.3, -0.25) is 9.59 Å². The number of hydrogen-bond acceptors (Lipinski definition) is 3. The van der Waals surface area contributed by atoms with E-state index < -0.39 is 23.7 Å². The molecule has 0 unspecified atom stereocenters. The summed E-state index contributed by atoms with van der Waals surface area (Å²) < 4.78 is 12.9. The molecule has 0 aromatic heterocycles. The number of benzene rings is 1. The first-order chi connectivity index (χ1) is 9.20. The molecule has 0 radical (unpaired) electrons. The van der Waals surface area contributed by atoms with E-state index in [1.165, 1.54) is 18.2 Å². The zero-order valence-electron chi connectivity index (χ0n) is 12.3. The monoisotopic (exact) mass is 317 g/mol. The molecule has 21 heavy (non-hydrogen) atoms. The van der Waals surface area contributed by atoms with Crippen molar-refractivity contribution in [3.05, 3.63) is 30.1 Å². The van der Waals surface area contributed by atoms with Gasteiger partial charge in [-0.1, -0.05) is 26.8 Å². The lowest BCUT2D eigenvalue weighted by molar-refractivity contribution is -0.126. The smallest absolute Gasteiger partial charge is 0.243 e. The van der Waals surface area contributed by atoms with Crippen LogP contribution in [0.2, 0.25) is 0 Å². The van der Waals surface area contributed by atoms with Gasteiger partial charge in [0.2, 0.25) is 11.8 Å². The van der Waals surface area contributed by atoms with Gasteiger partial charge in [0.15, 0.2) is 0 Å². The van der Waals surface area contributed by atoms with Gasteiger partial charge in [0, 0.05) is 5.69 Å². The molecule has 5 nitrogen and oxygen atoms in total. The van der Waals surface area contributed by atoms with E-state index in [4.69, 9.17) is 5.73 Å². The Balaban J connectivity index is 0.00000400. The number of nitrogens with one attached hydrogen (secondary N) is 2. The Labute approximate surface area is 129 Å². The third kappa shape index (κ3) is 6.55. The van der Waals surface area contributed by atoms with Gasteiger partial charge in [-0.2, -0.15) is 0 Å². The molecule has 0 saturated carbocycles. The molecule has 2 amide bonds. The first-order valence-electron chi connectivity index (χ1n) is 6.29. The summed E-state index contributed by atoms with van der Waals surface area (Å²) in [5.41, 5.74) is 5.71. The van der Waals surface area contributed by atoms with Crippen LogP contribution in [0.25, 0.3) is 0 Å². The summed E-state index contributed by atoms with van der Waals surface area (Å²) >= 11 is 0. The quantitative estimate of drug-likeness (QED) is 0.790. The molecule has 0 aliphatic heterocycles. The number of hydrogen-bond donors (Lipinski definition) is 3. The van der Waals surface area contributed by atoms with Crippen LogP contribution in [0.1, 0.15) is 20.8 Å². The molecule has 0 aliphatic carbocycles. The number of carbonyl (C=O) groups excluding carboxylic acids is 2. The molecule has 0 saturated heterocycles. The van der Waals surface area contributed by atoms with E-state index in [1.54, 1.807) is 6.07 Å². The molecule has 0 aliphatic rings. The second kappa shape index (κ2) is 7.95. The van der Waals surface area contributed by atoms with Crippen LogP contribution in [0.15, 0.2) is 24.3 Å². The molecule has 0 bridgehead atoms. The van der Waals surface area contributed by atoms with E-state index >= 15 is 0 Å². The lowest BCUT2D eigenvalue weighted by Gasteiger charge is -2.25. The Morgan fingerprint density at radius 3 is 2.48 bits per heavy atom. The Morgan fingerprint density at radius 2 is 1.95 bits per heavy atom. The van der Waals surface area contributed by atoms with Crippen LogP contribution in [0.4, 0.5) is 10.1 Å². The van der Waals surface area contributed by atoms with Crippen LogP contribution in [0, 0.1) is 11.2 Å². The van der Waals surface area contributed by atoms with Crippen LogP contribution < -0.4 is 16.4 Å². The number of halogens is 2. The second-order valence-electron chi connectivity index (χ2n) is 5.62. The summed E-state index contributed by atoms with van der Waals surface area (Å²) in [5, 5.41) is 4.94. The molecule has 4 N–H and O–H groups in total. The van der Waals surface area contributed by atoms with E-state index in [1.807, 2.05) is 20.8 Å². The maximum Gasteiger partial charge on any atom is 0.243 e. The lowest BCUT2D eigenvalue weighted by Crippen LogP contribution is -2.50. The lowest BCUT2D eigenvalue weighted by atomic mass is 9.87. The molecule has 1 aromatic carbocycles. The average molecular weight is 318 g/mol. The second-order valence-corrected chi connectivity index (χ2v) is 5.62. The molecule has 0 spiro atoms. The van der Waals surface area contributed by atoms with Gasteiger partial charge in [0.05, 0.1) is 12.6 Å². The van der Waals surface area contributed by atoms with Gasteiger partial charge >= 0.3 is 0 Å². The third-order valence-electron chi connectivity index (χ3n) is 2.75. The van der Waals surface area contributed by atoms with Gasteiger partial charge in [-0.05, 0) is 23.6 Å². The molecular formula is C14H21ClFN3O2. The fraction of sp³-hybridized carbons (Fsp3) is 0.429. The number of nitrogens with two attached hydrogens (primary N) is 1. The summed E-state index contributed by atoms with van der Waals surface area (Å²) in [6.45, 7) is 5.30. The largest absolute Gasteiger partial charge is 0.346 e. The highest BCUT2D eigenvalue weighted by molar-refractivity contribution is 5.95. The maximum atomic E-state index is 12.9. The predicted octanol–water partition coefficient (Wildman–Crippen LogP) is 1.68. The number of anilines is 1. The van der Waals surface area contributed by atoms with Crippen LogP contribution in [0.3, 0.4) is 0 Å². The van der Waals surface area contributed by atoms with Crippen LogP contribution in [-0.4, -0.2) is 24.4 Å². The SMILES string of the molecule is CC(C)(C)[C@H](N)C(=O)NCC(=O)Nc1cccc(F)c1.Cl. The summed E-state index contributed by atoms with van der Waals surface area (Å²) in [7, 11) is 0. The minimum Gasteiger partial charge on any atom is -0.346 e. The van der Waals surface area contributed by atoms with Crippen molar-refractivity contribution < 1.29 is 14.0 Å². The Morgan fingerprint density at radius 1 is 1.33 bits per heavy atom. The highest BCUT2D eigenvalue weighted by Gasteiger charge is 2.27. The van der Waals surface area contributed by atoms with Gasteiger partial charge in [0.25, 0.3) is 0 Å². The number of carbonyl (C=O) groups is 2. The van der Waals surface area contributed by atoms with Gasteiger partial charge in [0.1, 0.15) is 5.82 Å². The molecular weight excluding hydrogens is 297 g/mol. The highest BCUT2D eigenvalue weighted by atomic mass is 35.5. The standard InChI is InChI=1S/C14H20FN3O2.ClH/c1-14(2,3)12(16)13(20)17-8-11(19)18-10-6-4-5-9(15)7-10;/h4-7,12H,8,16H2,1-3H3,(H,17,20)(H,18,19);1H/t12-;/m1./s1. The maximum absolute atomic E-state index is 12.9. The minimum absolute atomic E-state index is 0. The normalized spacial score (nSPS) is 12.0. The van der Waals surface area contributed by atoms with Crippen LogP contribution in [-0.2, 0) is 9.59 Å². The Hall–Kier alpha value is -1.66. The van der Waals surface area contributed by atoms with Crippen molar-refractivity contribution in [3.8, 4) is 0 Å². The summed E-state index contributed by atoms with van der Waals surface area (Å²) in [4.78, 5) is 23.3. The predicted molar refractivity (Wildman–Crippen MR) is 82.7 cm³/mol. The van der Waals surface area contributed by atoms with Gasteiger partial charge < -0.3 is 16.4 Å². The fourth-order valence-corrected chi connectivity index (χ4v) is 1.44. The Bertz CT molecular complexity index is 503. The summed E-state index contributed by atoms with van der Waals surface area (Å²) in [6.07, 6.45) is 0. The molecule has 118 valence electrons. The summed E-state index contributed by atoms with van der Waals surface area (Å²) in [6, 6.07) is 4.81. The van der Waals surface area contributed by atoms with Gasteiger partial charge in [-0.15, -0.1) is 12.4 Å². The highest BCUT2D eigenvalue weighted by Crippen LogP contribution is 2.17. The van der Waals surface area contributed by atoms with E-state index in [0.29, 0.717) is 5.69 Å². The van der Waals surface area contributed by atoms with E-state index in [0.717, 1.165) is 0 Å². The van der Waals surface area contributed by atoms with Crippen molar-refractivity contribution in [2.75, 3.05) is 11.9 Å². The molecule has 1 rings (SSSR count). The zero-order chi connectivity index (χ0) is 15.3. The number of amides is 2. The summed E-state index contributed by atoms with van der Waals surface area (Å²) in [5.74, 6) is -1.28.